The molecule has 0 fully saturated rings. The molecule has 156 valence electrons. The summed E-state index contributed by atoms with van der Waals surface area (Å²) < 4.78 is 6.84. The van der Waals surface area contributed by atoms with E-state index < -0.39 is 0 Å². The first-order valence-electron chi connectivity index (χ1n) is 9.74. The van der Waals surface area contributed by atoms with E-state index in [2.05, 4.69) is 25.9 Å². The fraction of sp³-hybridized carbons (Fsp3) is 0.130. The van der Waals surface area contributed by atoms with Crippen LogP contribution in [0.25, 0.3) is 11.3 Å². The summed E-state index contributed by atoms with van der Waals surface area (Å²) in [5, 5.41) is 4.69. The van der Waals surface area contributed by atoms with Crippen LogP contribution in [-0.2, 0) is 6.54 Å². The molecule has 4 aromatic rings. The van der Waals surface area contributed by atoms with Crippen LogP contribution in [-0.4, -0.2) is 32.8 Å². The lowest BCUT2D eigenvalue weighted by Crippen LogP contribution is -2.30. The lowest BCUT2D eigenvalue weighted by atomic mass is 10.1. The van der Waals surface area contributed by atoms with Gasteiger partial charge in [0.2, 0.25) is 11.8 Å². The molecule has 0 radical (unpaired) electrons. The van der Waals surface area contributed by atoms with E-state index in [0.717, 1.165) is 16.7 Å². The standard InChI is InChI=1S/C23H22N6O2/c1-16-8-10-18(11-9-16)21-19(15-29(28-21)14-17-6-4-3-5-7-17)22(30)26-27-23-24-13-12-20(25-23)31-2/h3-13,15H,14H2,1-2H3,(H,26,30)(H,24,25,27). The Balaban J connectivity index is 1.60. The highest BCUT2D eigenvalue weighted by Crippen LogP contribution is 2.23. The first-order valence-corrected chi connectivity index (χ1v) is 9.74. The zero-order valence-corrected chi connectivity index (χ0v) is 17.2. The number of aromatic nitrogens is 4. The van der Waals surface area contributed by atoms with Crippen LogP contribution in [0.4, 0.5) is 5.95 Å². The zero-order chi connectivity index (χ0) is 21.6. The van der Waals surface area contributed by atoms with Gasteiger partial charge < -0.3 is 4.74 Å². The Labute approximate surface area is 179 Å². The minimum absolute atomic E-state index is 0.223. The smallest absolute Gasteiger partial charge is 0.273 e. The molecule has 0 aliphatic heterocycles. The van der Waals surface area contributed by atoms with Crippen LogP contribution in [0.3, 0.4) is 0 Å². The molecule has 0 bridgehead atoms. The molecular formula is C23H22N6O2. The third-order valence-corrected chi connectivity index (χ3v) is 4.65. The Morgan fingerprint density at radius 2 is 1.84 bits per heavy atom. The van der Waals surface area contributed by atoms with E-state index in [4.69, 9.17) is 4.74 Å². The maximum Gasteiger partial charge on any atom is 0.273 e. The molecule has 1 amide bonds. The molecular weight excluding hydrogens is 392 g/mol. The van der Waals surface area contributed by atoms with Gasteiger partial charge in [-0.25, -0.2) is 4.98 Å². The minimum Gasteiger partial charge on any atom is -0.481 e. The van der Waals surface area contributed by atoms with Gasteiger partial charge in [-0.05, 0) is 12.5 Å². The molecule has 31 heavy (non-hydrogen) atoms. The number of carbonyl (C=O) groups excluding carboxylic acids is 1. The zero-order valence-electron chi connectivity index (χ0n) is 17.2. The maximum atomic E-state index is 13.0. The third kappa shape index (κ3) is 4.87. The van der Waals surface area contributed by atoms with E-state index >= 15 is 0 Å². The van der Waals surface area contributed by atoms with Gasteiger partial charge in [-0.15, -0.1) is 0 Å². The quantitative estimate of drug-likeness (QED) is 0.450. The second kappa shape index (κ2) is 9.08. The Hall–Kier alpha value is -4.20. The molecule has 0 unspecified atom stereocenters. The lowest BCUT2D eigenvalue weighted by Gasteiger charge is -2.08. The highest BCUT2D eigenvalue weighted by molar-refractivity contribution is 6.00. The van der Waals surface area contributed by atoms with Crippen molar-refractivity contribution in [3.05, 3.63) is 89.7 Å². The van der Waals surface area contributed by atoms with Crippen molar-refractivity contribution in [2.24, 2.45) is 0 Å². The van der Waals surface area contributed by atoms with Crippen molar-refractivity contribution < 1.29 is 9.53 Å². The van der Waals surface area contributed by atoms with Gasteiger partial charge in [-0.1, -0.05) is 60.2 Å². The first-order chi connectivity index (χ1) is 15.1. The van der Waals surface area contributed by atoms with Crippen LogP contribution in [0.15, 0.2) is 73.1 Å². The Kier molecular flexibility index (Phi) is 5.89. The molecule has 2 aromatic carbocycles. The molecule has 0 saturated carbocycles. The molecule has 0 spiro atoms. The molecule has 0 saturated heterocycles. The van der Waals surface area contributed by atoms with Crippen molar-refractivity contribution in [2.75, 3.05) is 12.5 Å². The molecule has 4 rings (SSSR count). The number of amides is 1. The fourth-order valence-corrected chi connectivity index (χ4v) is 3.06. The number of hydrogen-bond acceptors (Lipinski definition) is 6. The van der Waals surface area contributed by atoms with E-state index in [9.17, 15) is 4.79 Å². The van der Waals surface area contributed by atoms with Crippen LogP contribution in [0.5, 0.6) is 5.88 Å². The average molecular weight is 414 g/mol. The number of nitrogens with one attached hydrogen (secondary N) is 2. The second-order valence-corrected chi connectivity index (χ2v) is 6.94. The van der Waals surface area contributed by atoms with Crippen LogP contribution in [0.2, 0.25) is 0 Å². The number of anilines is 1. The van der Waals surface area contributed by atoms with E-state index in [1.165, 1.54) is 13.3 Å². The van der Waals surface area contributed by atoms with Crippen molar-refractivity contribution in [3.63, 3.8) is 0 Å². The van der Waals surface area contributed by atoms with E-state index in [1.54, 1.807) is 16.9 Å². The van der Waals surface area contributed by atoms with Crippen LogP contribution in [0.1, 0.15) is 21.5 Å². The number of ether oxygens (including phenoxy) is 1. The molecule has 8 heteroatoms. The summed E-state index contributed by atoms with van der Waals surface area (Å²) in [7, 11) is 1.51. The number of hydrazine groups is 1. The first kappa shape index (κ1) is 20.1. The van der Waals surface area contributed by atoms with Crippen molar-refractivity contribution >= 4 is 11.9 Å². The summed E-state index contributed by atoms with van der Waals surface area (Å²) in [6.45, 7) is 2.57. The van der Waals surface area contributed by atoms with E-state index in [0.29, 0.717) is 23.7 Å². The summed E-state index contributed by atoms with van der Waals surface area (Å²) in [6, 6.07) is 19.5. The monoisotopic (exact) mass is 414 g/mol. The normalized spacial score (nSPS) is 10.5. The number of methoxy groups -OCH3 is 1. The van der Waals surface area contributed by atoms with Gasteiger partial charge in [0.05, 0.1) is 19.2 Å². The van der Waals surface area contributed by atoms with Crippen LogP contribution < -0.4 is 15.6 Å². The van der Waals surface area contributed by atoms with Crippen molar-refractivity contribution in [3.8, 4) is 17.1 Å². The number of aryl methyl sites for hydroxylation is 1. The van der Waals surface area contributed by atoms with Gasteiger partial charge in [0.1, 0.15) is 5.69 Å². The summed E-state index contributed by atoms with van der Waals surface area (Å²) in [5.74, 6) is 0.269. The maximum absolute atomic E-state index is 13.0. The summed E-state index contributed by atoms with van der Waals surface area (Å²) in [4.78, 5) is 21.2. The van der Waals surface area contributed by atoms with Gasteiger partial charge in [0.15, 0.2) is 0 Å². The predicted molar refractivity (Wildman–Crippen MR) is 118 cm³/mol. The second-order valence-electron chi connectivity index (χ2n) is 6.94. The largest absolute Gasteiger partial charge is 0.481 e. The number of hydrogen-bond donors (Lipinski definition) is 2. The minimum atomic E-state index is -0.346. The number of benzene rings is 2. The van der Waals surface area contributed by atoms with Crippen LogP contribution in [0, 0.1) is 6.92 Å². The topological polar surface area (TPSA) is 94.0 Å². The summed E-state index contributed by atoms with van der Waals surface area (Å²) in [5.41, 5.74) is 9.50. The van der Waals surface area contributed by atoms with Gasteiger partial charge >= 0.3 is 0 Å². The van der Waals surface area contributed by atoms with Gasteiger partial charge in [0.25, 0.3) is 5.91 Å². The van der Waals surface area contributed by atoms with Crippen molar-refractivity contribution in [2.45, 2.75) is 13.5 Å². The molecule has 0 aliphatic rings. The average Bonchev–Trinajstić information content (AvgIpc) is 3.22. The number of nitrogens with zero attached hydrogens (tertiary/aromatic N) is 4. The Morgan fingerprint density at radius 3 is 2.58 bits per heavy atom. The van der Waals surface area contributed by atoms with E-state index in [-0.39, 0.29) is 11.9 Å². The number of rotatable bonds is 7. The number of carbonyl (C=O) groups is 1. The Morgan fingerprint density at radius 1 is 1.06 bits per heavy atom. The van der Waals surface area contributed by atoms with Gasteiger partial charge in [-0.2, -0.15) is 10.1 Å². The summed E-state index contributed by atoms with van der Waals surface area (Å²) >= 11 is 0. The molecule has 8 nitrogen and oxygen atoms in total. The molecule has 0 aliphatic carbocycles. The van der Waals surface area contributed by atoms with Crippen molar-refractivity contribution in [1.29, 1.82) is 0 Å². The molecule has 2 N–H and O–H groups in total. The Bertz CT molecular complexity index is 1170. The predicted octanol–water partition coefficient (Wildman–Crippen LogP) is 3.46. The SMILES string of the molecule is COc1ccnc(NNC(=O)c2cn(Cc3ccccc3)nc2-c2ccc(C)cc2)n1. The molecule has 2 heterocycles. The highest BCUT2D eigenvalue weighted by Gasteiger charge is 2.18. The molecule has 0 atom stereocenters. The van der Waals surface area contributed by atoms with Crippen molar-refractivity contribution in [1.82, 2.24) is 25.2 Å². The highest BCUT2D eigenvalue weighted by atomic mass is 16.5. The summed E-state index contributed by atoms with van der Waals surface area (Å²) in [6.07, 6.45) is 3.28. The van der Waals surface area contributed by atoms with Gasteiger partial charge in [0, 0.05) is 24.0 Å². The fourth-order valence-electron chi connectivity index (χ4n) is 3.06. The lowest BCUT2D eigenvalue weighted by molar-refractivity contribution is 0.0962. The third-order valence-electron chi connectivity index (χ3n) is 4.65. The van der Waals surface area contributed by atoms with E-state index in [1.807, 2.05) is 61.5 Å². The van der Waals surface area contributed by atoms with Gasteiger partial charge in [-0.3, -0.25) is 20.3 Å². The van der Waals surface area contributed by atoms with Crippen LogP contribution >= 0.6 is 0 Å². The molecule has 2 aromatic heterocycles.